The third kappa shape index (κ3) is 4.27. The van der Waals surface area contributed by atoms with E-state index in [0.29, 0.717) is 11.7 Å². The SMILES string of the molecule is CCCc1nc(NC(=O)C2CCCN2C(=O)C2CCCCC2)sc1CC. The molecule has 5 nitrogen and oxygen atoms in total. The molecule has 2 aliphatic rings. The van der Waals surface area contributed by atoms with Gasteiger partial charge in [0, 0.05) is 17.3 Å². The molecule has 1 saturated heterocycles. The van der Waals surface area contributed by atoms with E-state index in [0.717, 1.165) is 63.5 Å². The first-order valence-electron chi connectivity index (χ1n) is 10.2. The van der Waals surface area contributed by atoms with E-state index in [1.54, 1.807) is 11.3 Å². The third-order valence-electron chi connectivity index (χ3n) is 5.61. The number of nitrogens with zero attached hydrogens (tertiary/aromatic N) is 2. The molecule has 1 aliphatic carbocycles. The molecule has 1 aromatic rings. The van der Waals surface area contributed by atoms with Crippen LogP contribution in [0.3, 0.4) is 0 Å². The number of hydrogen-bond donors (Lipinski definition) is 1. The van der Waals surface area contributed by atoms with Gasteiger partial charge in [0.1, 0.15) is 6.04 Å². The van der Waals surface area contributed by atoms with Gasteiger partial charge >= 0.3 is 0 Å². The zero-order chi connectivity index (χ0) is 18.5. The molecule has 0 aromatic carbocycles. The summed E-state index contributed by atoms with van der Waals surface area (Å²) in [4.78, 5) is 33.4. The lowest BCUT2D eigenvalue weighted by molar-refractivity contribution is -0.141. The molecule has 2 heterocycles. The molecule has 1 aromatic heterocycles. The molecular formula is C20H31N3O2S. The van der Waals surface area contributed by atoms with Crippen LogP contribution in [0.4, 0.5) is 5.13 Å². The number of aromatic nitrogens is 1. The summed E-state index contributed by atoms with van der Waals surface area (Å²) in [6, 6.07) is -0.326. The predicted molar refractivity (Wildman–Crippen MR) is 105 cm³/mol. The van der Waals surface area contributed by atoms with Crippen LogP contribution in [0.5, 0.6) is 0 Å². The number of thiazole rings is 1. The summed E-state index contributed by atoms with van der Waals surface area (Å²) in [5.74, 6) is 0.258. The maximum atomic E-state index is 12.9. The van der Waals surface area contributed by atoms with Crippen molar-refractivity contribution in [2.45, 2.75) is 84.1 Å². The van der Waals surface area contributed by atoms with Gasteiger partial charge in [0.25, 0.3) is 0 Å². The highest BCUT2D eigenvalue weighted by Crippen LogP contribution is 2.30. The van der Waals surface area contributed by atoms with E-state index < -0.39 is 0 Å². The van der Waals surface area contributed by atoms with Crippen molar-refractivity contribution in [3.63, 3.8) is 0 Å². The summed E-state index contributed by atoms with van der Waals surface area (Å²) in [7, 11) is 0. The van der Waals surface area contributed by atoms with Crippen LogP contribution in [0.15, 0.2) is 0 Å². The van der Waals surface area contributed by atoms with Crippen molar-refractivity contribution >= 4 is 28.3 Å². The minimum atomic E-state index is -0.326. The third-order valence-corrected chi connectivity index (χ3v) is 6.77. The summed E-state index contributed by atoms with van der Waals surface area (Å²) >= 11 is 1.58. The molecule has 1 aliphatic heterocycles. The number of amides is 2. The predicted octanol–water partition coefficient (Wildman–Crippen LogP) is 4.17. The van der Waals surface area contributed by atoms with Crippen molar-refractivity contribution < 1.29 is 9.59 Å². The lowest BCUT2D eigenvalue weighted by atomic mass is 9.88. The molecule has 1 atom stereocenters. The normalized spacial score (nSPS) is 21.2. The smallest absolute Gasteiger partial charge is 0.248 e. The van der Waals surface area contributed by atoms with Gasteiger partial charge in [0.15, 0.2) is 5.13 Å². The van der Waals surface area contributed by atoms with Crippen LogP contribution in [-0.2, 0) is 22.4 Å². The first kappa shape index (κ1) is 19.3. The topological polar surface area (TPSA) is 62.3 Å². The molecule has 26 heavy (non-hydrogen) atoms. The lowest BCUT2D eigenvalue weighted by Gasteiger charge is -2.29. The fourth-order valence-corrected chi connectivity index (χ4v) is 5.17. The number of carbonyl (C=O) groups is 2. The molecule has 6 heteroatoms. The summed E-state index contributed by atoms with van der Waals surface area (Å²) < 4.78 is 0. The van der Waals surface area contributed by atoms with Crippen molar-refractivity contribution in [2.24, 2.45) is 5.92 Å². The zero-order valence-corrected chi connectivity index (χ0v) is 16.9. The van der Waals surface area contributed by atoms with Gasteiger partial charge in [-0.1, -0.05) is 39.5 Å². The number of hydrogen-bond acceptors (Lipinski definition) is 4. The first-order chi connectivity index (χ1) is 12.6. The lowest BCUT2D eigenvalue weighted by Crippen LogP contribution is -2.46. The van der Waals surface area contributed by atoms with Crippen LogP contribution in [-0.4, -0.2) is 34.3 Å². The average molecular weight is 378 g/mol. The summed E-state index contributed by atoms with van der Waals surface area (Å²) in [5, 5.41) is 3.69. The van der Waals surface area contributed by atoms with E-state index in [-0.39, 0.29) is 23.8 Å². The standard InChI is InChI=1S/C20H31N3O2S/c1-3-9-15-17(4-2)26-20(21-15)22-18(24)16-12-8-13-23(16)19(25)14-10-6-5-7-11-14/h14,16H,3-13H2,1-2H3,(H,21,22,24). The van der Waals surface area contributed by atoms with E-state index in [9.17, 15) is 9.59 Å². The molecule has 1 saturated carbocycles. The van der Waals surface area contributed by atoms with Crippen molar-refractivity contribution in [2.75, 3.05) is 11.9 Å². The van der Waals surface area contributed by atoms with Crippen molar-refractivity contribution in [3.05, 3.63) is 10.6 Å². The van der Waals surface area contributed by atoms with Crippen LogP contribution in [0, 0.1) is 5.92 Å². The molecule has 2 amide bonds. The Kier molecular flexibility index (Phi) is 6.68. The van der Waals surface area contributed by atoms with Crippen LogP contribution < -0.4 is 5.32 Å². The minimum Gasteiger partial charge on any atom is -0.330 e. The maximum Gasteiger partial charge on any atom is 0.248 e. The van der Waals surface area contributed by atoms with Gasteiger partial charge in [-0.05, 0) is 38.5 Å². The number of nitrogens with one attached hydrogen (secondary N) is 1. The Hall–Kier alpha value is -1.43. The molecular weight excluding hydrogens is 346 g/mol. The summed E-state index contributed by atoms with van der Waals surface area (Å²) in [6.07, 6.45) is 10.1. The Labute approximate surface area is 160 Å². The summed E-state index contributed by atoms with van der Waals surface area (Å²) in [5.41, 5.74) is 1.11. The second-order valence-electron chi connectivity index (χ2n) is 7.51. The summed E-state index contributed by atoms with van der Waals surface area (Å²) in [6.45, 7) is 4.98. The number of anilines is 1. The number of likely N-dealkylation sites (tertiary alicyclic amines) is 1. The number of carbonyl (C=O) groups excluding carboxylic acids is 2. The van der Waals surface area contributed by atoms with E-state index in [4.69, 9.17) is 0 Å². The fraction of sp³-hybridized carbons (Fsp3) is 0.750. The van der Waals surface area contributed by atoms with Crippen LogP contribution in [0.2, 0.25) is 0 Å². The van der Waals surface area contributed by atoms with Gasteiger partial charge in [-0.3, -0.25) is 9.59 Å². The Morgan fingerprint density at radius 3 is 2.62 bits per heavy atom. The quantitative estimate of drug-likeness (QED) is 0.809. The van der Waals surface area contributed by atoms with Gasteiger partial charge in [0.2, 0.25) is 11.8 Å². The second-order valence-corrected chi connectivity index (χ2v) is 8.59. The monoisotopic (exact) mass is 377 g/mol. The molecule has 0 bridgehead atoms. The zero-order valence-electron chi connectivity index (χ0n) is 16.1. The van der Waals surface area contributed by atoms with Gasteiger partial charge < -0.3 is 10.2 Å². The molecule has 144 valence electrons. The molecule has 0 spiro atoms. The Balaban J connectivity index is 1.65. The van der Waals surface area contributed by atoms with Crippen LogP contribution in [0.25, 0.3) is 0 Å². The van der Waals surface area contributed by atoms with Gasteiger partial charge in [-0.2, -0.15) is 0 Å². The second kappa shape index (κ2) is 8.98. The Bertz CT molecular complexity index is 637. The van der Waals surface area contributed by atoms with Gasteiger partial charge in [-0.25, -0.2) is 4.98 Å². The van der Waals surface area contributed by atoms with Crippen molar-refractivity contribution in [3.8, 4) is 0 Å². The van der Waals surface area contributed by atoms with Crippen molar-refractivity contribution in [1.82, 2.24) is 9.88 Å². The van der Waals surface area contributed by atoms with Gasteiger partial charge in [0.05, 0.1) is 5.69 Å². The molecule has 1 unspecified atom stereocenters. The Morgan fingerprint density at radius 1 is 1.15 bits per heavy atom. The Morgan fingerprint density at radius 2 is 1.92 bits per heavy atom. The molecule has 1 N–H and O–H groups in total. The van der Waals surface area contributed by atoms with Crippen LogP contribution in [0.1, 0.15) is 75.8 Å². The number of aryl methyl sites for hydroxylation is 2. The highest BCUT2D eigenvalue weighted by molar-refractivity contribution is 7.15. The molecule has 2 fully saturated rings. The maximum absolute atomic E-state index is 12.9. The largest absolute Gasteiger partial charge is 0.330 e. The van der Waals surface area contributed by atoms with E-state index in [1.807, 2.05) is 4.90 Å². The highest BCUT2D eigenvalue weighted by atomic mass is 32.1. The molecule has 0 radical (unpaired) electrons. The first-order valence-corrected chi connectivity index (χ1v) is 11.1. The van der Waals surface area contributed by atoms with E-state index >= 15 is 0 Å². The number of rotatable bonds is 6. The van der Waals surface area contributed by atoms with E-state index in [1.165, 1.54) is 11.3 Å². The minimum absolute atomic E-state index is 0.0638. The van der Waals surface area contributed by atoms with E-state index in [2.05, 4.69) is 24.1 Å². The average Bonchev–Trinajstić information content (AvgIpc) is 3.29. The fourth-order valence-electron chi connectivity index (χ4n) is 4.22. The highest BCUT2D eigenvalue weighted by Gasteiger charge is 2.37. The van der Waals surface area contributed by atoms with Crippen molar-refractivity contribution in [1.29, 1.82) is 0 Å². The van der Waals surface area contributed by atoms with Gasteiger partial charge in [-0.15, -0.1) is 11.3 Å². The molecule has 3 rings (SSSR count). The van der Waals surface area contributed by atoms with Crippen LogP contribution >= 0.6 is 11.3 Å².